The molecule has 0 atom stereocenters. The molecule has 0 unspecified atom stereocenters. The molecule has 2 rings (SSSR count). The molecule has 0 spiro atoms. The summed E-state index contributed by atoms with van der Waals surface area (Å²) in [5.41, 5.74) is 0.697. The minimum atomic E-state index is -0.216. The summed E-state index contributed by atoms with van der Waals surface area (Å²) >= 11 is 3.25. The van der Waals surface area contributed by atoms with Gasteiger partial charge in [0.25, 0.3) is 0 Å². The van der Waals surface area contributed by atoms with E-state index in [1.165, 1.54) is 4.01 Å². The lowest BCUT2D eigenvalue weighted by molar-refractivity contribution is 0.0529. The molecule has 2 aromatic heterocycles. The van der Waals surface area contributed by atoms with E-state index in [1.807, 2.05) is 23.8 Å². The quantitative estimate of drug-likeness (QED) is 0.715. The van der Waals surface area contributed by atoms with Gasteiger partial charge in [0.15, 0.2) is 0 Å². The molecule has 0 saturated heterocycles. The zero-order valence-corrected chi connectivity index (χ0v) is 8.71. The third-order valence-electron chi connectivity index (χ3n) is 1.70. The Morgan fingerprint density at radius 2 is 2.38 bits per heavy atom. The van der Waals surface area contributed by atoms with Crippen molar-refractivity contribution in [3.8, 4) is 0 Å². The number of esters is 1. The highest BCUT2D eigenvalue weighted by molar-refractivity contribution is 7.37. The van der Waals surface area contributed by atoms with E-state index < -0.39 is 0 Å². The first-order valence-electron chi connectivity index (χ1n) is 3.94. The average Bonchev–Trinajstić information content (AvgIpc) is 2.62. The number of hydrogen-bond donors (Lipinski definition) is 0. The molecular formula is C9H8O2S2. The van der Waals surface area contributed by atoms with Crippen LogP contribution in [0.25, 0.3) is 9.40 Å². The summed E-state index contributed by atoms with van der Waals surface area (Å²) in [5, 5.41) is 4.87. The lowest BCUT2D eigenvalue weighted by Gasteiger charge is -1.97. The van der Waals surface area contributed by atoms with Crippen LogP contribution in [0.2, 0.25) is 0 Å². The SMILES string of the molecule is CCOC(=O)c1csc2sccc12. The minimum absolute atomic E-state index is 0.216. The summed E-state index contributed by atoms with van der Waals surface area (Å²) in [6, 6.07) is 1.96. The van der Waals surface area contributed by atoms with Gasteiger partial charge in [-0.3, -0.25) is 0 Å². The number of carbonyl (C=O) groups excluding carboxylic acids is 1. The third-order valence-corrected chi connectivity index (χ3v) is 3.77. The van der Waals surface area contributed by atoms with Crippen LogP contribution in [0.1, 0.15) is 17.3 Å². The fourth-order valence-electron chi connectivity index (χ4n) is 1.13. The number of thiophene rings is 2. The molecule has 0 bridgehead atoms. The Labute approximate surface area is 83.8 Å². The van der Waals surface area contributed by atoms with Gasteiger partial charge in [0.05, 0.1) is 16.2 Å². The van der Waals surface area contributed by atoms with Crippen molar-refractivity contribution in [2.75, 3.05) is 6.61 Å². The van der Waals surface area contributed by atoms with Gasteiger partial charge in [0.1, 0.15) is 0 Å². The van der Waals surface area contributed by atoms with Crippen molar-refractivity contribution in [1.29, 1.82) is 0 Å². The fourth-order valence-corrected chi connectivity index (χ4v) is 3.05. The Morgan fingerprint density at radius 3 is 3.15 bits per heavy atom. The maximum absolute atomic E-state index is 11.4. The third kappa shape index (κ3) is 1.47. The van der Waals surface area contributed by atoms with Gasteiger partial charge in [-0.1, -0.05) is 0 Å². The van der Waals surface area contributed by atoms with Crippen molar-refractivity contribution in [3.63, 3.8) is 0 Å². The maximum atomic E-state index is 11.4. The summed E-state index contributed by atoms with van der Waals surface area (Å²) < 4.78 is 6.12. The van der Waals surface area contributed by atoms with Crippen LogP contribution < -0.4 is 0 Å². The molecule has 0 aromatic carbocycles. The van der Waals surface area contributed by atoms with E-state index in [-0.39, 0.29) is 5.97 Å². The smallest absolute Gasteiger partial charge is 0.339 e. The molecule has 0 aliphatic heterocycles. The van der Waals surface area contributed by atoms with E-state index in [2.05, 4.69) is 0 Å². The number of ether oxygens (including phenoxy) is 1. The lowest BCUT2D eigenvalue weighted by atomic mass is 10.2. The largest absolute Gasteiger partial charge is 0.462 e. The van der Waals surface area contributed by atoms with Crippen molar-refractivity contribution in [3.05, 3.63) is 22.4 Å². The van der Waals surface area contributed by atoms with Crippen LogP contribution in [0.3, 0.4) is 0 Å². The Balaban J connectivity index is 2.42. The molecule has 0 fully saturated rings. The van der Waals surface area contributed by atoms with E-state index in [9.17, 15) is 4.79 Å². The Morgan fingerprint density at radius 1 is 1.54 bits per heavy atom. The molecule has 2 aromatic rings. The van der Waals surface area contributed by atoms with Gasteiger partial charge in [-0.15, -0.1) is 22.7 Å². The first-order chi connectivity index (χ1) is 6.33. The fraction of sp³-hybridized carbons (Fsp3) is 0.222. The van der Waals surface area contributed by atoms with Gasteiger partial charge in [-0.2, -0.15) is 0 Å². The van der Waals surface area contributed by atoms with Crippen molar-refractivity contribution in [2.45, 2.75) is 6.92 Å². The molecule has 2 nitrogen and oxygen atoms in total. The number of hydrogen-bond acceptors (Lipinski definition) is 4. The van der Waals surface area contributed by atoms with Crippen molar-refractivity contribution in [1.82, 2.24) is 0 Å². The zero-order chi connectivity index (χ0) is 9.26. The summed E-state index contributed by atoms with van der Waals surface area (Å²) in [6.45, 7) is 2.25. The predicted octanol–water partition coefficient (Wildman–Crippen LogP) is 3.14. The molecule has 0 radical (unpaired) electrons. The number of fused-ring (bicyclic) bond motifs is 1. The van der Waals surface area contributed by atoms with Gasteiger partial charge in [-0.25, -0.2) is 4.79 Å². The highest BCUT2D eigenvalue weighted by Crippen LogP contribution is 2.30. The van der Waals surface area contributed by atoms with Crippen molar-refractivity contribution < 1.29 is 9.53 Å². The van der Waals surface area contributed by atoms with Crippen LogP contribution in [0.5, 0.6) is 0 Å². The summed E-state index contributed by atoms with van der Waals surface area (Å²) in [4.78, 5) is 11.4. The van der Waals surface area contributed by atoms with Gasteiger partial charge in [0, 0.05) is 10.8 Å². The Bertz CT molecular complexity index is 427. The van der Waals surface area contributed by atoms with Crippen molar-refractivity contribution in [2.24, 2.45) is 0 Å². The summed E-state index contributed by atoms with van der Waals surface area (Å²) in [5.74, 6) is -0.216. The van der Waals surface area contributed by atoms with E-state index in [0.717, 1.165) is 5.39 Å². The topological polar surface area (TPSA) is 26.3 Å². The standard InChI is InChI=1S/C9H8O2S2/c1-2-11-8(10)7-5-13-9-6(7)3-4-12-9/h3-5H,2H2,1H3. The molecular weight excluding hydrogens is 204 g/mol. The van der Waals surface area contributed by atoms with Crippen LogP contribution in [-0.4, -0.2) is 12.6 Å². The zero-order valence-electron chi connectivity index (χ0n) is 7.07. The lowest BCUT2D eigenvalue weighted by Crippen LogP contribution is -2.02. The second-order valence-electron chi connectivity index (χ2n) is 2.49. The van der Waals surface area contributed by atoms with Crippen LogP contribution >= 0.6 is 22.7 Å². The van der Waals surface area contributed by atoms with E-state index in [0.29, 0.717) is 12.2 Å². The van der Waals surface area contributed by atoms with Gasteiger partial charge in [0.2, 0.25) is 0 Å². The van der Waals surface area contributed by atoms with E-state index in [1.54, 1.807) is 22.7 Å². The Kier molecular flexibility index (Phi) is 2.33. The van der Waals surface area contributed by atoms with Gasteiger partial charge in [-0.05, 0) is 18.4 Å². The van der Waals surface area contributed by atoms with Crippen LogP contribution in [-0.2, 0) is 4.74 Å². The minimum Gasteiger partial charge on any atom is -0.462 e. The normalized spacial score (nSPS) is 10.5. The molecule has 0 saturated carbocycles. The molecule has 0 aliphatic carbocycles. The molecule has 0 aliphatic rings. The first-order valence-corrected chi connectivity index (χ1v) is 5.70. The first kappa shape index (κ1) is 8.72. The molecule has 0 N–H and O–H groups in total. The van der Waals surface area contributed by atoms with Crippen LogP contribution in [0.4, 0.5) is 0 Å². The van der Waals surface area contributed by atoms with Gasteiger partial charge < -0.3 is 4.74 Å². The second-order valence-corrected chi connectivity index (χ2v) is 4.55. The molecule has 4 heteroatoms. The monoisotopic (exact) mass is 212 g/mol. The molecule has 68 valence electrons. The number of rotatable bonds is 2. The molecule has 0 amide bonds. The highest BCUT2D eigenvalue weighted by atomic mass is 32.2. The Hall–Kier alpha value is -0.870. The van der Waals surface area contributed by atoms with Crippen LogP contribution in [0, 0.1) is 0 Å². The molecule has 2 heterocycles. The molecule has 13 heavy (non-hydrogen) atoms. The average molecular weight is 212 g/mol. The summed E-state index contributed by atoms with van der Waals surface area (Å²) in [7, 11) is 0. The summed E-state index contributed by atoms with van der Waals surface area (Å²) in [6.07, 6.45) is 0. The maximum Gasteiger partial charge on any atom is 0.339 e. The van der Waals surface area contributed by atoms with E-state index in [4.69, 9.17) is 4.74 Å². The van der Waals surface area contributed by atoms with Crippen molar-refractivity contribution >= 4 is 38.0 Å². The van der Waals surface area contributed by atoms with E-state index >= 15 is 0 Å². The number of carbonyl (C=O) groups is 1. The predicted molar refractivity (Wildman–Crippen MR) is 55.7 cm³/mol. The van der Waals surface area contributed by atoms with Crippen LogP contribution in [0.15, 0.2) is 16.8 Å². The second kappa shape index (κ2) is 3.47. The highest BCUT2D eigenvalue weighted by Gasteiger charge is 2.13. The van der Waals surface area contributed by atoms with Gasteiger partial charge >= 0.3 is 5.97 Å².